The summed E-state index contributed by atoms with van der Waals surface area (Å²) in [5.41, 5.74) is 0. The zero-order valence-electron chi connectivity index (χ0n) is 6.17. The Bertz CT molecular complexity index is 126. The van der Waals surface area contributed by atoms with Gasteiger partial charge in [-0.1, -0.05) is 0 Å². The number of piperidine rings is 1. The molecule has 0 radical (unpaired) electrons. The molecule has 0 bridgehead atoms. The van der Waals surface area contributed by atoms with Crippen molar-refractivity contribution >= 4 is 18.5 Å². The number of hydrogen-bond donors (Lipinski definition) is 3. The fourth-order valence-corrected chi connectivity index (χ4v) is 1.15. The van der Waals surface area contributed by atoms with E-state index in [4.69, 9.17) is 5.11 Å². The summed E-state index contributed by atoms with van der Waals surface area (Å²) in [4.78, 5) is 10.1. The Morgan fingerprint density at radius 2 is 2.36 bits per heavy atom. The molecule has 0 aromatic rings. The van der Waals surface area contributed by atoms with Crippen molar-refractivity contribution in [3.8, 4) is 0 Å². The summed E-state index contributed by atoms with van der Waals surface area (Å²) in [5, 5.41) is 13.9. The lowest BCUT2D eigenvalue weighted by Crippen LogP contribution is -2.45. The Hall–Kier alpha value is -0.480. The maximum absolute atomic E-state index is 10.1. The molecule has 1 unspecified atom stereocenters. The predicted molar refractivity (Wildman–Crippen MR) is 44.3 cm³/mol. The molecule has 0 spiro atoms. The van der Waals surface area contributed by atoms with Gasteiger partial charge >= 0.3 is 6.09 Å². The van der Waals surface area contributed by atoms with Crippen LogP contribution in [0.5, 0.6) is 0 Å². The van der Waals surface area contributed by atoms with E-state index in [1.165, 1.54) is 0 Å². The highest BCUT2D eigenvalue weighted by Gasteiger charge is 2.13. The monoisotopic (exact) mass is 180 g/mol. The maximum Gasteiger partial charge on any atom is 0.404 e. The Kier molecular flexibility index (Phi) is 4.98. The fourth-order valence-electron chi connectivity index (χ4n) is 1.15. The van der Waals surface area contributed by atoms with Gasteiger partial charge in [0.05, 0.1) is 0 Å². The molecule has 4 nitrogen and oxygen atoms in total. The number of carboxylic acid groups (broad SMARTS) is 1. The Balaban J connectivity index is 0.000001000. The summed E-state index contributed by atoms with van der Waals surface area (Å²) < 4.78 is 0. The van der Waals surface area contributed by atoms with E-state index in [1.807, 2.05) is 0 Å². The molecule has 1 aliphatic heterocycles. The molecule has 0 aliphatic carbocycles. The van der Waals surface area contributed by atoms with Crippen molar-refractivity contribution < 1.29 is 9.90 Å². The van der Waals surface area contributed by atoms with Gasteiger partial charge in [0, 0.05) is 12.6 Å². The lowest BCUT2D eigenvalue weighted by atomic mass is 10.1. The Labute approximate surface area is 71.8 Å². The molecule has 1 fully saturated rings. The molecule has 5 heteroatoms. The molecule has 11 heavy (non-hydrogen) atoms. The first-order valence-corrected chi connectivity index (χ1v) is 3.49. The summed E-state index contributed by atoms with van der Waals surface area (Å²) in [6, 6.07) is 0.117. The summed E-state index contributed by atoms with van der Waals surface area (Å²) in [5.74, 6) is 0. The summed E-state index contributed by atoms with van der Waals surface area (Å²) in [6.07, 6.45) is 1.10. The van der Waals surface area contributed by atoms with E-state index in [0.717, 1.165) is 25.9 Å². The van der Waals surface area contributed by atoms with Crippen LogP contribution in [0.3, 0.4) is 0 Å². The van der Waals surface area contributed by atoms with Crippen molar-refractivity contribution in [1.82, 2.24) is 10.6 Å². The molecular formula is C6H13ClN2O2. The SMILES string of the molecule is Cl.O=C(O)NC1CCCNC1. The second kappa shape index (κ2) is 5.21. The van der Waals surface area contributed by atoms with Crippen LogP contribution in [-0.2, 0) is 0 Å². The van der Waals surface area contributed by atoms with E-state index in [2.05, 4.69) is 10.6 Å². The van der Waals surface area contributed by atoms with Crippen LogP contribution in [0.15, 0.2) is 0 Å². The fraction of sp³-hybridized carbons (Fsp3) is 0.833. The van der Waals surface area contributed by atoms with Crippen LogP contribution in [-0.4, -0.2) is 30.3 Å². The minimum atomic E-state index is -0.922. The highest BCUT2D eigenvalue weighted by Crippen LogP contribution is 2.00. The molecule has 1 atom stereocenters. The van der Waals surface area contributed by atoms with E-state index < -0.39 is 6.09 Å². The molecule has 1 aliphatic rings. The highest BCUT2D eigenvalue weighted by molar-refractivity contribution is 5.85. The number of carbonyl (C=O) groups is 1. The van der Waals surface area contributed by atoms with Gasteiger partial charge in [-0.2, -0.15) is 0 Å². The van der Waals surface area contributed by atoms with E-state index in [-0.39, 0.29) is 18.4 Å². The van der Waals surface area contributed by atoms with Crippen molar-refractivity contribution in [2.45, 2.75) is 18.9 Å². The first-order valence-electron chi connectivity index (χ1n) is 3.49. The maximum atomic E-state index is 10.1. The largest absolute Gasteiger partial charge is 0.465 e. The summed E-state index contributed by atoms with van der Waals surface area (Å²) in [6.45, 7) is 1.78. The van der Waals surface area contributed by atoms with Gasteiger partial charge in [-0.25, -0.2) is 4.79 Å². The van der Waals surface area contributed by atoms with Crippen molar-refractivity contribution in [1.29, 1.82) is 0 Å². The Morgan fingerprint density at radius 1 is 1.64 bits per heavy atom. The third-order valence-electron chi connectivity index (χ3n) is 1.62. The summed E-state index contributed by atoms with van der Waals surface area (Å²) in [7, 11) is 0. The van der Waals surface area contributed by atoms with Crippen molar-refractivity contribution in [3.05, 3.63) is 0 Å². The lowest BCUT2D eigenvalue weighted by Gasteiger charge is -2.21. The lowest BCUT2D eigenvalue weighted by molar-refractivity contribution is 0.187. The van der Waals surface area contributed by atoms with Crippen LogP contribution in [0, 0.1) is 0 Å². The zero-order valence-corrected chi connectivity index (χ0v) is 6.99. The van der Waals surface area contributed by atoms with Crippen LogP contribution in [0.25, 0.3) is 0 Å². The average molecular weight is 181 g/mol. The molecule has 0 aromatic carbocycles. The minimum absolute atomic E-state index is 0. The third-order valence-corrected chi connectivity index (χ3v) is 1.62. The topological polar surface area (TPSA) is 61.4 Å². The number of rotatable bonds is 1. The molecule has 66 valence electrons. The van der Waals surface area contributed by atoms with Gasteiger partial charge in [-0.15, -0.1) is 12.4 Å². The van der Waals surface area contributed by atoms with Gasteiger partial charge in [0.15, 0.2) is 0 Å². The van der Waals surface area contributed by atoms with E-state index in [1.54, 1.807) is 0 Å². The average Bonchev–Trinajstić information content (AvgIpc) is 1.88. The van der Waals surface area contributed by atoms with E-state index in [9.17, 15) is 4.79 Å². The molecular weight excluding hydrogens is 168 g/mol. The van der Waals surface area contributed by atoms with Gasteiger partial charge in [-0.05, 0) is 19.4 Å². The summed E-state index contributed by atoms with van der Waals surface area (Å²) >= 11 is 0. The molecule has 1 amide bonds. The Morgan fingerprint density at radius 3 is 2.82 bits per heavy atom. The second-order valence-electron chi connectivity index (χ2n) is 2.49. The van der Waals surface area contributed by atoms with Gasteiger partial charge in [0.25, 0.3) is 0 Å². The third kappa shape index (κ3) is 4.06. The number of amides is 1. The minimum Gasteiger partial charge on any atom is -0.465 e. The standard InChI is InChI=1S/C6H12N2O2.ClH/c9-6(10)8-5-2-1-3-7-4-5;/h5,7-8H,1-4H2,(H,9,10);1H. The predicted octanol–water partition coefficient (Wildman–Crippen LogP) is 0.428. The molecule has 3 N–H and O–H groups in total. The normalized spacial score (nSPS) is 23.5. The van der Waals surface area contributed by atoms with Gasteiger partial charge in [0.2, 0.25) is 0 Å². The highest BCUT2D eigenvalue weighted by atomic mass is 35.5. The van der Waals surface area contributed by atoms with E-state index in [0.29, 0.717) is 0 Å². The number of halogens is 1. The van der Waals surface area contributed by atoms with E-state index >= 15 is 0 Å². The van der Waals surface area contributed by atoms with Crippen molar-refractivity contribution in [3.63, 3.8) is 0 Å². The van der Waals surface area contributed by atoms with Crippen LogP contribution >= 0.6 is 12.4 Å². The smallest absolute Gasteiger partial charge is 0.404 e. The quantitative estimate of drug-likeness (QED) is 0.549. The molecule has 1 heterocycles. The van der Waals surface area contributed by atoms with Crippen LogP contribution in [0.1, 0.15) is 12.8 Å². The van der Waals surface area contributed by atoms with Crippen LogP contribution in [0.2, 0.25) is 0 Å². The van der Waals surface area contributed by atoms with Gasteiger partial charge < -0.3 is 15.7 Å². The van der Waals surface area contributed by atoms with Crippen molar-refractivity contribution in [2.75, 3.05) is 13.1 Å². The number of nitrogens with one attached hydrogen (secondary N) is 2. The molecule has 0 aromatic heterocycles. The second-order valence-corrected chi connectivity index (χ2v) is 2.49. The molecule has 1 rings (SSSR count). The van der Waals surface area contributed by atoms with Crippen LogP contribution in [0.4, 0.5) is 4.79 Å². The van der Waals surface area contributed by atoms with Gasteiger partial charge in [0.1, 0.15) is 0 Å². The first-order chi connectivity index (χ1) is 4.79. The zero-order chi connectivity index (χ0) is 7.40. The van der Waals surface area contributed by atoms with Crippen molar-refractivity contribution in [2.24, 2.45) is 0 Å². The first kappa shape index (κ1) is 10.5. The van der Waals surface area contributed by atoms with Gasteiger partial charge in [-0.3, -0.25) is 0 Å². The van der Waals surface area contributed by atoms with Crippen LogP contribution < -0.4 is 10.6 Å². The molecule has 1 saturated heterocycles. The number of hydrogen-bond acceptors (Lipinski definition) is 2. The molecule has 0 saturated carbocycles.